The van der Waals surface area contributed by atoms with E-state index in [-0.39, 0.29) is 17.9 Å². The molecule has 4 rings (SSSR count). The van der Waals surface area contributed by atoms with Gasteiger partial charge in [0.25, 0.3) is 11.7 Å². The first-order valence-electron chi connectivity index (χ1n) is 11.7. The molecule has 2 heterocycles. The van der Waals surface area contributed by atoms with E-state index in [2.05, 4.69) is 29.8 Å². The lowest BCUT2D eigenvalue weighted by Gasteiger charge is -2.25. The van der Waals surface area contributed by atoms with E-state index < -0.39 is 17.7 Å². The van der Waals surface area contributed by atoms with Gasteiger partial charge in [-0.1, -0.05) is 48.0 Å². The number of ether oxygens (including phenoxy) is 2. The van der Waals surface area contributed by atoms with Crippen LogP contribution in [0.1, 0.15) is 43.2 Å². The van der Waals surface area contributed by atoms with Gasteiger partial charge in [-0.15, -0.1) is 0 Å². The fourth-order valence-electron chi connectivity index (χ4n) is 4.10. The van der Waals surface area contributed by atoms with E-state index in [1.165, 1.54) is 18.3 Å². The molecule has 1 N–H and O–H groups in total. The van der Waals surface area contributed by atoms with Crippen molar-refractivity contribution in [2.45, 2.75) is 32.9 Å². The van der Waals surface area contributed by atoms with E-state index in [0.29, 0.717) is 40.9 Å². The van der Waals surface area contributed by atoms with E-state index in [1.807, 2.05) is 0 Å². The van der Waals surface area contributed by atoms with Crippen molar-refractivity contribution >= 4 is 33.4 Å². The monoisotopic (exact) mass is 553 g/mol. The molecule has 36 heavy (non-hydrogen) atoms. The van der Waals surface area contributed by atoms with Crippen molar-refractivity contribution in [2.24, 2.45) is 5.92 Å². The molecule has 7 nitrogen and oxygen atoms in total. The van der Waals surface area contributed by atoms with Crippen molar-refractivity contribution in [3.05, 3.63) is 87.8 Å². The molecule has 3 aromatic rings. The van der Waals surface area contributed by atoms with E-state index in [9.17, 15) is 14.7 Å². The number of hydrogen-bond donors (Lipinski definition) is 1. The second-order valence-electron chi connectivity index (χ2n) is 8.95. The van der Waals surface area contributed by atoms with Crippen molar-refractivity contribution in [1.29, 1.82) is 0 Å². The third-order valence-corrected chi connectivity index (χ3v) is 6.55. The zero-order valence-corrected chi connectivity index (χ0v) is 21.9. The van der Waals surface area contributed by atoms with Gasteiger partial charge in [-0.25, -0.2) is 0 Å². The van der Waals surface area contributed by atoms with Crippen LogP contribution in [0.3, 0.4) is 0 Å². The largest absolute Gasteiger partial charge is 0.507 e. The van der Waals surface area contributed by atoms with Crippen LogP contribution in [0.2, 0.25) is 0 Å². The Morgan fingerprint density at radius 3 is 2.50 bits per heavy atom. The summed E-state index contributed by atoms with van der Waals surface area (Å²) in [6.45, 7) is 4.84. The number of rotatable bonds is 9. The van der Waals surface area contributed by atoms with Crippen molar-refractivity contribution < 1.29 is 28.6 Å². The Balaban J connectivity index is 1.79. The van der Waals surface area contributed by atoms with E-state index in [1.54, 1.807) is 54.6 Å². The summed E-state index contributed by atoms with van der Waals surface area (Å²) in [6.07, 6.45) is 2.40. The predicted molar refractivity (Wildman–Crippen MR) is 139 cm³/mol. The molecule has 188 valence electrons. The molecule has 1 fully saturated rings. The number of carbonyl (C=O) groups is 2. The summed E-state index contributed by atoms with van der Waals surface area (Å²) in [5.74, 6) is 0.334. The first kappa shape index (κ1) is 25.6. The summed E-state index contributed by atoms with van der Waals surface area (Å²) >= 11 is 3.38. The smallest absolute Gasteiger partial charge is 0.296 e. The minimum absolute atomic E-state index is 0.00408. The number of methoxy groups -OCH3 is 1. The third-order valence-electron chi connectivity index (χ3n) is 6.02. The molecule has 1 aliphatic rings. The second kappa shape index (κ2) is 11.0. The standard InChI is InChI=1S/C28H28BrNO6/c1-17(2)12-14-36-22-11-8-19(15-23(22)34-3)25-24(26(31)18-6-9-20(29)10-7-18)27(32)28(33)30(25)16-21-5-4-13-35-21/h4-11,13,15,17,25,31H,12,14,16H2,1-3H3. The van der Waals surface area contributed by atoms with Crippen LogP contribution in [0.15, 0.2) is 75.3 Å². The highest BCUT2D eigenvalue weighted by Gasteiger charge is 2.46. The molecule has 1 aromatic heterocycles. The van der Waals surface area contributed by atoms with Gasteiger partial charge in [0.2, 0.25) is 0 Å². The zero-order valence-electron chi connectivity index (χ0n) is 20.4. The van der Waals surface area contributed by atoms with Gasteiger partial charge < -0.3 is 23.9 Å². The molecule has 8 heteroatoms. The normalized spacial score (nSPS) is 17.1. The SMILES string of the molecule is COc1cc(C2C(=C(O)c3ccc(Br)cc3)C(=O)C(=O)N2Cc2ccco2)ccc1OCCC(C)C. The highest BCUT2D eigenvalue weighted by molar-refractivity contribution is 9.10. The van der Waals surface area contributed by atoms with Crippen molar-refractivity contribution in [3.8, 4) is 11.5 Å². The molecule has 0 aliphatic carbocycles. The van der Waals surface area contributed by atoms with Gasteiger partial charge in [-0.05, 0) is 54.3 Å². The molecule has 0 radical (unpaired) electrons. The molecule has 1 saturated heterocycles. The molecule has 0 saturated carbocycles. The third kappa shape index (κ3) is 5.33. The van der Waals surface area contributed by atoms with Gasteiger partial charge >= 0.3 is 0 Å². The van der Waals surface area contributed by atoms with Crippen LogP contribution in [-0.2, 0) is 16.1 Å². The number of benzene rings is 2. The maximum atomic E-state index is 13.2. The Labute approximate surface area is 218 Å². The number of halogens is 1. The lowest BCUT2D eigenvalue weighted by molar-refractivity contribution is -0.140. The van der Waals surface area contributed by atoms with Crippen molar-refractivity contribution in [1.82, 2.24) is 4.90 Å². The Hall–Kier alpha value is -3.52. The van der Waals surface area contributed by atoms with Gasteiger partial charge in [-0.2, -0.15) is 0 Å². The number of amides is 1. The van der Waals surface area contributed by atoms with Gasteiger partial charge in [0.05, 0.1) is 38.1 Å². The lowest BCUT2D eigenvalue weighted by Crippen LogP contribution is -2.29. The Morgan fingerprint density at radius 1 is 1.11 bits per heavy atom. The fraction of sp³-hybridized carbons (Fsp3) is 0.286. The van der Waals surface area contributed by atoms with Crippen LogP contribution < -0.4 is 9.47 Å². The molecule has 1 atom stereocenters. The topological polar surface area (TPSA) is 89.2 Å². The van der Waals surface area contributed by atoms with Gasteiger partial charge in [-0.3, -0.25) is 9.59 Å². The number of aliphatic hydroxyl groups excluding tert-OH is 1. The molecule has 1 aliphatic heterocycles. The predicted octanol–water partition coefficient (Wildman–Crippen LogP) is 6.10. The first-order valence-corrected chi connectivity index (χ1v) is 12.5. The maximum Gasteiger partial charge on any atom is 0.296 e. The van der Waals surface area contributed by atoms with E-state index >= 15 is 0 Å². The first-order chi connectivity index (χ1) is 17.3. The van der Waals surface area contributed by atoms with Crippen LogP contribution in [0.4, 0.5) is 0 Å². The number of nitrogens with zero attached hydrogens (tertiary/aromatic N) is 1. The van der Waals surface area contributed by atoms with Crippen LogP contribution in [-0.4, -0.2) is 35.4 Å². The van der Waals surface area contributed by atoms with Gasteiger partial charge in [0.15, 0.2) is 11.5 Å². The summed E-state index contributed by atoms with van der Waals surface area (Å²) in [7, 11) is 1.54. The van der Waals surface area contributed by atoms with Crippen LogP contribution in [0.5, 0.6) is 11.5 Å². The second-order valence-corrected chi connectivity index (χ2v) is 9.87. The van der Waals surface area contributed by atoms with E-state index in [4.69, 9.17) is 13.9 Å². The Morgan fingerprint density at radius 2 is 1.86 bits per heavy atom. The van der Waals surface area contributed by atoms with Crippen molar-refractivity contribution in [2.75, 3.05) is 13.7 Å². The molecule has 0 spiro atoms. The molecule has 0 bridgehead atoms. The zero-order chi connectivity index (χ0) is 25.8. The molecule has 1 amide bonds. The number of carbonyl (C=O) groups excluding carboxylic acids is 2. The van der Waals surface area contributed by atoms with Crippen LogP contribution >= 0.6 is 15.9 Å². The quantitative estimate of drug-likeness (QED) is 0.196. The minimum atomic E-state index is -0.850. The number of aliphatic hydroxyl groups is 1. The van der Waals surface area contributed by atoms with E-state index in [0.717, 1.165) is 10.9 Å². The highest BCUT2D eigenvalue weighted by Crippen LogP contribution is 2.42. The minimum Gasteiger partial charge on any atom is -0.507 e. The van der Waals surface area contributed by atoms with Crippen molar-refractivity contribution in [3.63, 3.8) is 0 Å². The summed E-state index contributed by atoms with van der Waals surface area (Å²) in [5.41, 5.74) is 1.04. The molecular formula is C28H28BrNO6. The Bertz CT molecular complexity index is 1260. The fourth-order valence-corrected chi connectivity index (χ4v) is 4.37. The summed E-state index contributed by atoms with van der Waals surface area (Å²) in [5, 5.41) is 11.2. The number of likely N-dealkylation sites (tertiary alicyclic amines) is 1. The number of furan rings is 1. The summed E-state index contributed by atoms with van der Waals surface area (Å²) in [6, 6.07) is 14.8. The average molecular weight is 554 g/mol. The van der Waals surface area contributed by atoms with Gasteiger partial charge in [0.1, 0.15) is 11.5 Å². The van der Waals surface area contributed by atoms with Gasteiger partial charge in [0, 0.05) is 10.0 Å². The molecule has 1 unspecified atom stereocenters. The summed E-state index contributed by atoms with van der Waals surface area (Å²) < 4.78 is 17.8. The molecular weight excluding hydrogens is 526 g/mol. The van der Waals surface area contributed by atoms with Crippen LogP contribution in [0.25, 0.3) is 5.76 Å². The maximum absolute atomic E-state index is 13.2. The average Bonchev–Trinajstić information content (AvgIpc) is 3.46. The number of hydrogen-bond acceptors (Lipinski definition) is 6. The summed E-state index contributed by atoms with van der Waals surface area (Å²) in [4.78, 5) is 27.8. The lowest BCUT2D eigenvalue weighted by atomic mass is 9.95. The van der Waals surface area contributed by atoms with Crippen LogP contribution in [0, 0.1) is 5.92 Å². The highest BCUT2D eigenvalue weighted by atomic mass is 79.9. The molecule has 2 aromatic carbocycles. The number of Topliss-reactive ketones (excluding diaryl/α,β-unsaturated/α-hetero) is 1. The Kier molecular flexibility index (Phi) is 7.84. The number of ketones is 1.